The SMILES string of the molecule is C[C@H]1CC2C[C@H](C)OC2(C)O1. The maximum atomic E-state index is 5.72. The third-order valence-electron chi connectivity index (χ3n) is 2.84. The zero-order valence-electron chi connectivity index (χ0n) is 7.46. The van der Waals surface area contributed by atoms with Gasteiger partial charge in [0.1, 0.15) is 0 Å². The van der Waals surface area contributed by atoms with Crippen LogP contribution in [0.5, 0.6) is 0 Å². The van der Waals surface area contributed by atoms with E-state index in [1.54, 1.807) is 0 Å². The molecule has 0 aromatic heterocycles. The van der Waals surface area contributed by atoms with Crippen LogP contribution in [0.1, 0.15) is 33.6 Å². The predicted octanol–water partition coefficient (Wildman–Crippen LogP) is 1.94. The molecule has 0 aromatic carbocycles. The average molecular weight is 156 g/mol. The Kier molecular flexibility index (Phi) is 1.52. The van der Waals surface area contributed by atoms with Crippen molar-refractivity contribution in [2.24, 2.45) is 5.92 Å². The van der Waals surface area contributed by atoms with Gasteiger partial charge in [-0.2, -0.15) is 0 Å². The highest BCUT2D eigenvalue weighted by atomic mass is 16.7. The Labute approximate surface area is 67.9 Å². The van der Waals surface area contributed by atoms with Crippen LogP contribution in [0.4, 0.5) is 0 Å². The Hall–Kier alpha value is -0.0800. The minimum atomic E-state index is -0.251. The molecule has 11 heavy (non-hydrogen) atoms. The summed E-state index contributed by atoms with van der Waals surface area (Å²) < 4.78 is 11.4. The second kappa shape index (κ2) is 2.20. The van der Waals surface area contributed by atoms with E-state index < -0.39 is 0 Å². The van der Waals surface area contributed by atoms with Crippen molar-refractivity contribution in [1.82, 2.24) is 0 Å². The molecule has 2 fully saturated rings. The molecule has 0 saturated carbocycles. The standard InChI is InChI=1S/C9H16O2/c1-6-4-8-5-7(2)11-9(8,3)10-6/h6-8H,4-5H2,1-3H3/t6-,7-,8?,9?/m0/s1. The molecule has 0 N–H and O–H groups in total. The monoisotopic (exact) mass is 156 g/mol. The lowest BCUT2D eigenvalue weighted by molar-refractivity contribution is -0.212. The molecule has 0 amide bonds. The van der Waals surface area contributed by atoms with E-state index in [1.807, 2.05) is 0 Å². The third kappa shape index (κ3) is 1.09. The molecular weight excluding hydrogens is 140 g/mol. The predicted molar refractivity (Wildman–Crippen MR) is 42.2 cm³/mol. The number of rotatable bonds is 0. The zero-order chi connectivity index (χ0) is 8.06. The molecule has 2 saturated heterocycles. The maximum Gasteiger partial charge on any atom is 0.169 e. The van der Waals surface area contributed by atoms with E-state index in [0.29, 0.717) is 18.1 Å². The highest BCUT2D eigenvalue weighted by Gasteiger charge is 2.50. The van der Waals surface area contributed by atoms with Gasteiger partial charge in [0.05, 0.1) is 12.2 Å². The molecule has 0 radical (unpaired) electrons. The fourth-order valence-electron chi connectivity index (χ4n) is 2.44. The first kappa shape index (κ1) is 7.56. The van der Waals surface area contributed by atoms with Gasteiger partial charge in [0.15, 0.2) is 5.79 Å². The molecule has 2 nitrogen and oxygen atoms in total. The number of hydrogen-bond donors (Lipinski definition) is 0. The number of ether oxygens (including phenoxy) is 2. The Morgan fingerprint density at radius 2 is 1.55 bits per heavy atom. The molecule has 0 spiro atoms. The molecule has 0 aliphatic carbocycles. The van der Waals surface area contributed by atoms with Crippen molar-refractivity contribution in [3.05, 3.63) is 0 Å². The van der Waals surface area contributed by atoms with Crippen LogP contribution >= 0.6 is 0 Å². The fraction of sp³-hybridized carbons (Fsp3) is 1.00. The fourth-order valence-corrected chi connectivity index (χ4v) is 2.44. The molecule has 2 rings (SSSR count). The van der Waals surface area contributed by atoms with Crippen molar-refractivity contribution in [3.8, 4) is 0 Å². The first-order valence-corrected chi connectivity index (χ1v) is 4.46. The molecule has 0 unspecified atom stereocenters. The van der Waals surface area contributed by atoms with Crippen LogP contribution in [0.2, 0.25) is 0 Å². The number of fused-ring (bicyclic) bond motifs is 1. The molecule has 2 aliphatic heterocycles. The topological polar surface area (TPSA) is 18.5 Å². The van der Waals surface area contributed by atoms with E-state index >= 15 is 0 Å². The van der Waals surface area contributed by atoms with Gasteiger partial charge in [-0.15, -0.1) is 0 Å². The van der Waals surface area contributed by atoms with Gasteiger partial charge in [0.2, 0.25) is 0 Å². The lowest BCUT2D eigenvalue weighted by Gasteiger charge is -2.23. The first-order valence-electron chi connectivity index (χ1n) is 4.46. The van der Waals surface area contributed by atoms with Crippen molar-refractivity contribution in [1.29, 1.82) is 0 Å². The lowest BCUT2D eigenvalue weighted by Crippen LogP contribution is -2.29. The van der Waals surface area contributed by atoms with Gasteiger partial charge < -0.3 is 9.47 Å². The Morgan fingerprint density at radius 1 is 1.09 bits per heavy atom. The molecular formula is C9H16O2. The maximum absolute atomic E-state index is 5.72. The molecule has 64 valence electrons. The molecule has 2 aliphatic rings. The first-order chi connectivity index (χ1) is 5.10. The van der Waals surface area contributed by atoms with Crippen molar-refractivity contribution in [2.45, 2.75) is 51.6 Å². The van der Waals surface area contributed by atoms with Crippen LogP contribution in [-0.4, -0.2) is 18.0 Å². The second-order valence-electron chi connectivity index (χ2n) is 4.04. The van der Waals surface area contributed by atoms with Gasteiger partial charge in [-0.05, 0) is 33.6 Å². The van der Waals surface area contributed by atoms with Crippen LogP contribution < -0.4 is 0 Å². The van der Waals surface area contributed by atoms with E-state index in [9.17, 15) is 0 Å². The highest BCUT2D eigenvalue weighted by Crippen LogP contribution is 2.45. The van der Waals surface area contributed by atoms with Gasteiger partial charge in [-0.1, -0.05) is 0 Å². The van der Waals surface area contributed by atoms with Crippen LogP contribution in [-0.2, 0) is 9.47 Å². The van der Waals surface area contributed by atoms with E-state index in [2.05, 4.69) is 20.8 Å². The van der Waals surface area contributed by atoms with Gasteiger partial charge in [0.25, 0.3) is 0 Å². The average Bonchev–Trinajstić information content (AvgIpc) is 2.16. The summed E-state index contributed by atoms with van der Waals surface area (Å²) in [6.07, 6.45) is 3.11. The molecule has 0 aromatic rings. The zero-order valence-corrected chi connectivity index (χ0v) is 7.46. The van der Waals surface area contributed by atoms with Crippen LogP contribution in [0.3, 0.4) is 0 Å². The van der Waals surface area contributed by atoms with Gasteiger partial charge in [-0.3, -0.25) is 0 Å². The van der Waals surface area contributed by atoms with Crippen LogP contribution in [0, 0.1) is 5.92 Å². The Bertz CT molecular complexity index is 153. The summed E-state index contributed by atoms with van der Waals surface area (Å²) in [7, 11) is 0. The summed E-state index contributed by atoms with van der Waals surface area (Å²) in [5.74, 6) is 0.381. The summed E-state index contributed by atoms with van der Waals surface area (Å²) in [5.41, 5.74) is 0. The summed E-state index contributed by atoms with van der Waals surface area (Å²) in [4.78, 5) is 0. The van der Waals surface area contributed by atoms with Crippen molar-refractivity contribution in [3.63, 3.8) is 0 Å². The molecule has 0 bridgehead atoms. The molecule has 2 atom stereocenters. The summed E-state index contributed by atoms with van der Waals surface area (Å²) in [5, 5.41) is 0. The summed E-state index contributed by atoms with van der Waals surface area (Å²) in [6.45, 7) is 6.32. The minimum Gasteiger partial charge on any atom is -0.347 e. The summed E-state index contributed by atoms with van der Waals surface area (Å²) >= 11 is 0. The van der Waals surface area contributed by atoms with Gasteiger partial charge in [0, 0.05) is 5.92 Å². The van der Waals surface area contributed by atoms with E-state index in [4.69, 9.17) is 9.47 Å². The van der Waals surface area contributed by atoms with Gasteiger partial charge >= 0.3 is 0 Å². The van der Waals surface area contributed by atoms with Crippen LogP contribution in [0.25, 0.3) is 0 Å². The highest BCUT2D eigenvalue weighted by molar-refractivity contribution is 4.91. The second-order valence-corrected chi connectivity index (χ2v) is 4.04. The molecule has 2 heterocycles. The normalized spacial score (nSPS) is 56.5. The molecule has 2 heteroatoms. The smallest absolute Gasteiger partial charge is 0.169 e. The quantitative estimate of drug-likeness (QED) is 0.533. The largest absolute Gasteiger partial charge is 0.347 e. The number of hydrogen-bond acceptors (Lipinski definition) is 2. The summed E-state index contributed by atoms with van der Waals surface area (Å²) in [6, 6.07) is 0. The van der Waals surface area contributed by atoms with Crippen LogP contribution in [0.15, 0.2) is 0 Å². The van der Waals surface area contributed by atoms with E-state index in [-0.39, 0.29) is 5.79 Å². The third-order valence-corrected chi connectivity index (χ3v) is 2.84. The lowest BCUT2D eigenvalue weighted by atomic mass is 9.95. The van der Waals surface area contributed by atoms with Crippen molar-refractivity contribution < 1.29 is 9.47 Å². The van der Waals surface area contributed by atoms with Crippen molar-refractivity contribution in [2.75, 3.05) is 0 Å². The Balaban J connectivity index is 2.13. The van der Waals surface area contributed by atoms with E-state index in [1.165, 1.54) is 12.8 Å². The van der Waals surface area contributed by atoms with E-state index in [0.717, 1.165) is 0 Å². The van der Waals surface area contributed by atoms with Gasteiger partial charge in [-0.25, -0.2) is 0 Å². The minimum absolute atomic E-state index is 0.251. The van der Waals surface area contributed by atoms with Crippen molar-refractivity contribution >= 4 is 0 Å². The Morgan fingerprint density at radius 3 is 1.91 bits per heavy atom.